The standard InChI is InChI=1S/C12H8F3NO2/c1-7(12(13,14)15)10-8(6-16)4-3-5-9(10)11(17)18-2/h3-5H,1H2,2H3. The zero-order valence-corrected chi connectivity index (χ0v) is 9.34. The van der Waals surface area contributed by atoms with Crippen molar-refractivity contribution < 1.29 is 22.7 Å². The summed E-state index contributed by atoms with van der Waals surface area (Å²) in [5, 5.41) is 8.80. The van der Waals surface area contributed by atoms with Crippen LogP contribution in [0.25, 0.3) is 5.57 Å². The smallest absolute Gasteiger partial charge is 0.416 e. The van der Waals surface area contributed by atoms with Crippen LogP contribution in [0.1, 0.15) is 21.5 Å². The van der Waals surface area contributed by atoms with Gasteiger partial charge in [-0.1, -0.05) is 12.6 Å². The molecule has 1 rings (SSSR count). The van der Waals surface area contributed by atoms with Gasteiger partial charge in [0.15, 0.2) is 0 Å². The fourth-order valence-corrected chi connectivity index (χ4v) is 1.39. The maximum atomic E-state index is 12.6. The lowest BCUT2D eigenvalue weighted by molar-refractivity contribution is -0.0687. The van der Waals surface area contributed by atoms with Crippen molar-refractivity contribution in [3.8, 4) is 6.07 Å². The molecule has 0 aliphatic rings. The van der Waals surface area contributed by atoms with Crippen molar-refractivity contribution >= 4 is 11.5 Å². The number of esters is 1. The molecule has 0 heterocycles. The summed E-state index contributed by atoms with van der Waals surface area (Å²) in [5.74, 6) is -0.951. The third-order valence-corrected chi connectivity index (χ3v) is 2.23. The molecule has 0 aliphatic carbocycles. The molecule has 94 valence electrons. The molecular weight excluding hydrogens is 247 g/mol. The van der Waals surface area contributed by atoms with E-state index in [4.69, 9.17) is 5.26 Å². The van der Waals surface area contributed by atoms with Gasteiger partial charge in [-0.25, -0.2) is 4.79 Å². The minimum Gasteiger partial charge on any atom is -0.465 e. The van der Waals surface area contributed by atoms with Gasteiger partial charge in [-0.15, -0.1) is 0 Å². The van der Waals surface area contributed by atoms with Crippen LogP contribution in [-0.4, -0.2) is 19.3 Å². The Kier molecular flexibility index (Phi) is 3.76. The molecular formula is C12H8F3NO2. The molecule has 0 unspecified atom stereocenters. The number of alkyl halides is 3. The van der Waals surface area contributed by atoms with Gasteiger partial charge in [0.05, 0.1) is 29.9 Å². The summed E-state index contributed by atoms with van der Waals surface area (Å²) >= 11 is 0. The van der Waals surface area contributed by atoms with Gasteiger partial charge in [0.1, 0.15) is 0 Å². The van der Waals surface area contributed by atoms with Crippen LogP contribution in [0.2, 0.25) is 0 Å². The molecule has 0 radical (unpaired) electrons. The Morgan fingerprint density at radius 1 is 1.44 bits per heavy atom. The Morgan fingerprint density at radius 3 is 2.50 bits per heavy atom. The number of halogens is 3. The number of hydrogen-bond donors (Lipinski definition) is 0. The highest BCUT2D eigenvalue weighted by Crippen LogP contribution is 2.35. The van der Waals surface area contributed by atoms with Crippen LogP contribution in [0.3, 0.4) is 0 Å². The van der Waals surface area contributed by atoms with Gasteiger partial charge in [-0.2, -0.15) is 18.4 Å². The average molecular weight is 255 g/mol. The van der Waals surface area contributed by atoms with E-state index in [1.807, 2.05) is 0 Å². The summed E-state index contributed by atoms with van der Waals surface area (Å²) < 4.78 is 42.3. The fourth-order valence-electron chi connectivity index (χ4n) is 1.39. The molecule has 1 aromatic rings. The molecule has 0 saturated carbocycles. The molecule has 0 saturated heterocycles. The lowest BCUT2D eigenvalue weighted by atomic mass is 9.95. The van der Waals surface area contributed by atoms with Crippen LogP contribution in [-0.2, 0) is 4.74 Å². The second-order valence-corrected chi connectivity index (χ2v) is 3.31. The highest BCUT2D eigenvalue weighted by molar-refractivity contribution is 5.97. The lowest BCUT2D eigenvalue weighted by Gasteiger charge is -2.14. The minimum absolute atomic E-state index is 0.278. The first kappa shape index (κ1) is 13.8. The molecule has 18 heavy (non-hydrogen) atoms. The molecule has 1 aromatic carbocycles. The number of nitrogens with zero attached hydrogens (tertiary/aromatic N) is 1. The molecule has 0 spiro atoms. The summed E-state index contributed by atoms with van der Waals surface area (Å²) in [5.41, 5.74) is -2.40. The van der Waals surface area contributed by atoms with Crippen molar-refractivity contribution in [1.29, 1.82) is 5.26 Å². The number of hydrogen-bond acceptors (Lipinski definition) is 3. The molecule has 0 aliphatic heterocycles. The summed E-state index contributed by atoms with van der Waals surface area (Å²) in [7, 11) is 1.04. The zero-order chi connectivity index (χ0) is 13.9. The first-order valence-electron chi connectivity index (χ1n) is 4.70. The molecule has 0 N–H and O–H groups in total. The molecule has 6 heteroatoms. The van der Waals surface area contributed by atoms with Crippen molar-refractivity contribution in [3.05, 3.63) is 41.5 Å². The highest BCUT2D eigenvalue weighted by atomic mass is 19.4. The Labute approximate surface area is 101 Å². The van der Waals surface area contributed by atoms with Crippen LogP contribution in [0, 0.1) is 11.3 Å². The van der Waals surface area contributed by atoms with E-state index in [9.17, 15) is 18.0 Å². The van der Waals surface area contributed by atoms with Crippen molar-refractivity contribution in [2.24, 2.45) is 0 Å². The monoisotopic (exact) mass is 255 g/mol. The SMILES string of the molecule is C=C(c1c(C#N)cccc1C(=O)OC)C(F)(F)F. The molecule has 0 bridgehead atoms. The van der Waals surface area contributed by atoms with E-state index in [0.717, 1.165) is 13.2 Å². The van der Waals surface area contributed by atoms with E-state index in [0.29, 0.717) is 0 Å². The van der Waals surface area contributed by atoms with Gasteiger partial charge in [0.2, 0.25) is 0 Å². The van der Waals surface area contributed by atoms with Crippen LogP contribution in [0.5, 0.6) is 0 Å². The van der Waals surface area contributed by atoms with E-state index in [2.05, 4.69) is 11.3 Å². The summed E-state index contributed by atoms with van der Waals surface area (Å²) in [6.45, 7) is 2.90. The Hall–Kier alpha value is -2.29. The van der Waals surface area contributed by atoms with E-state index in [1.54, 1.807) is 6.07 Å². The number of allylic oxidation sites excluding steroid dienone is 1. The molecule has 0 aromatic heterocycles. The van der Waals surface area contributed by atoms with E-state index < -0.39 is 23.3 Å². The normalized spacial score (nSPS) is 10.6. The Bertz CT molecular complexity index is 541. The van der Waals surface area contributed by atoms with Crippen LogP contribution >= 0.6 is 0 Å². The molecule has 3 nitrogen and oxygen atoms in total. The van der Waals surface area contributed by atoms with Gasteiger partial charge < -0.3 is 4.74 Å². The van der Waals surface area contributed by atoms with Crippen LogP contribution < -0.4 is 0 Å². The Morgan fingerprint density at radius 2 is 2.06 bits per heavy atom. The number of rotatable bonds is 2. The highest BCUT2D eigenvalue weighted by Gasteiger charge is 2.36. The second kappa shape index (κ2) is 4.92. The van der Waals surface area contributed by atoms with Crippen LogP contribution in [0.4, 0.5) is 13.2 Å². The third kappa shape index (κ3) is 2.51. The second-order valence-electron chi connectivity index (χ2n) is 3.31. The number of ether oxygens (including phenoxy) is 1. The van der Waals surface area contributed by atoms with Crippen molar-refractivity contribution in [2.45, 2.75) is 6.18 Å². The summed E-state index contributed by atoms with van der Waals surface area (Å²) in [6, 6.07) is 5.23. The first-order valence-corrected chi connectivity index (χ1v) is 4.70. The van der Waals surface area contributed by atoms with Crippen molar-refractivity contribution in [3.63, 3.8) is 0 Å². The summed E-state index contributed by atoms with van der Waals surface area (Å²) in [4.78, 5) is 11.4. The van der Waals surface area contributed by atoms with E-state index in [1.165, 1.54) is 12.1 Å². The first-order chi connectivity index (χ1) is 8.32. The van der Waals surface area contributed by atoms with E-state index in [-0.39, 0.29) is 11.1 Å². The predicted molar refractivity (Wildman–Crippen MR) is 57.6 cm³/mol. The number of carbonyl (C=O) groups excluding carboxylic acids is 1. The van der Waals surface area contributed by atoms with Crippen LogP contribution in [0.15, 0.2) is 24.8 Å². The van der Waals surface area contributed by atoms with E-state index >= 15 is 0 Å². The van der Waals surface area contributed by atoms with Gasteiger partial charge in [0.25, 0.3) is 0 Å². The quantitative estimate of drug-likeness (QED) is 0.763. The number of nitriles is 1. The maximum Gasteiger partial charge on any atom is 0.416 e. The fraction of sp³-hybridized carbons (Fsp3) is 0.167. The van der Waals surface area contributed by atoms with Crippen molar-refractivity contribution in [1.82, 2.24) is 0 Å². The average Bonchev–Trinajstić information content (AvgIpc) is 2.34. The number of methoxy groups -OCH3 is 1. The third-order valence-electron chi connectivity index (χ3n) is 2.23. The topological polar surface area (TPSA) is 50.1 Å². The van der Waals surface area contributed by atoms with Crippen molar-refractivity contribution in [2.75, 3.05) is 7.11 Å². The predicted octanol–water partition coefficient (Wildman–Crippen LogP) is 2.92. The maximum absolute atomic E-state index is 12.6. The summed E-state index contributed by atoms with van der Waals surface area (Å²) in [6.07, 6.45) is -4.73. The van der Waals surface area contributed by atoms with Gasteiger partial charge in [0, 0.05) is 5.56 Å². The molecule has 0 atom stereocenters. The largest absolute Gasteiger partial charge is 0.465 e. The number of benzene rings is 1. The molecule has 0 fully saturated rings. The zero-order valence-electron chi connectivity index (χ0n) is 9.34. The Balaban J connectivity index is 3.53. The molecule has 0 amide bonds. The van der Waals surface area contributed by atoms with Gasteiger partial charge >= 0.3 is 12.1 Å². The van der Waals surface area contributed by atoms with Gasteiger partial charge in [-0.05, 0) is 12.1 Å². The minimum atomic E-state index is -4.73. The number of carbonyl (C=O) groups is 1. The lowest BCUT2D eigenvalue weighted by Crippen LogP contribution is -2.15. The van der Waals surface area contributed by atoms with Gasteiger partial charge in [-0.3, -0.25) is 0 Å².